The lowest BCUT2D eigenvalue weighted by Crippen LogP contribution is -2.27. The summed E-state index contributed by atoms with van der Waals surface area (Å²) in [5.41, 5.74) is 0.642. The highest BCUT2D eigenvalue weighted by molar-refractivity contribution is 8.18. The van der Waals surface area contributed by atoms with E-state index < -0.39 is 16.1 Å². The molecule has 0 aliphatic carbocycles. The van der Waals surface area contributed by atoms with E-state index in [9.17, 15) is 19.7 Å². The van der Waals surface area contributed by atoms with Crippen molar-refractivity contribution in [2.24, 2.45) is 0 Å². The molecule has 10 heteroatoms. The zero-order valence-electron chi connectivity index (χ0n) is 16.4. The number of para-hydroxylation sites is 1. The Morgan fingerprint density at radius 3 is 2.37 bits per heavy atom. The van der Waals surface area contributed by atoms with Crippen LogP contribution in [0.3, 0.4) is 0 Å². The number of imide groups is 1. The minimum Gasteiger partial charge on any atom is -0.493 e. The molecule has 1 aliphatic rings. The molecule has 1 heterocycles. The minimum atomic E-state index is -0.543. The first-order valence-electron chi connectivity index (χ1n) is 8.67. The zero-order chi connectivity index (χ0) is 21.8. The maximum Gasteiger partial charge on any atom is 0.293 e. The van der Waals surface area contributed by atoms with Crippen molar-refractivity contribution < 1.29 is 28.7 Å². The van der Waals surface area contributed by atoms with Gasteiger partial charge >= 0.3 is 0 Å². The third-order valence-electron chi connectivity index (χ3n) is 4.41. The molecule has 0 aromatic heterocycles. The molecule has 0 bridgehead atoms. The standard InChI is InChI=1S/C20H18N2O7S/c1-27-15-9-8-12(17(28-2)18(15)29-3)10-16-19(23)21(20(24)30-16)11-13-6-4-5-7-14(13)22(25)26/h4-10H,11H2,1-3H3/b16-10-. The largest absolute Gasteiger partial charge is 0.493 e. The summed E-state index contributed by atoms with van der Waals surface area (Å²) in [7, 11) is 4.41. The first-order chi connectivity index (χ1) is 14.4. The van der Waals surface area contributed by atoms with Gasteiger partial charge in [0.1, 0.15) is 0 Å². The number of thioether (sulfide) groups is 1. The van der Waals surface area contributed by atoms with E-state index in [1.165, 1.54) is 45.6 Å². The van der Waals surface area contributed by atoms with Crippen LogP contribution in [0.2, 0.25) is 0 Å². The Balaban J connectivity index is 1.94. The number of methoxy groups -OCH3 is 3. The Labute approximate surface area is 176 Å². The number of hydrogen-bond acceptors (Lipinski definition) is 8. The highest BCUT2D eigenvalue weighted by atomic mass is 32.2. The van der Waals surface area contributed by atoms with Crippen LogP contribution < -0.4 is 14.2 Å². The predicted octanol–water partition coefficient (Wildman–Crippen LogP) is 3.86. The van der Waals surface area contributed by atoms with E-state index in [0.29, 0.717) is 22.8 Å². The molecule has 1 fully saturated rings. The first-order valence-corrected chi connectivity index (χ1v) is 9.49. The number of nitro benzene ring substituents is 1. The van der Waals surface area contributed by atoms with Gasteiger partial charge in [0, 0.05) is 17.2 Å². The maximum absolute atomic E-state index is 12.8. The van der Waals surface area contributed by atoms with Gasteiger partial charge in [-0.05, 0) is 30.0 Å². The number of carbonyl (C=O) groups is 2. The molecule has 0 spiro atoms. The molecule has 9 nitrogen and oxygen atoms in total. The molecule has 2 aromatic rings. The van der Waals surface area contributed by atoms with Crippen LogP contribution in [0.25, 0.3) is 6.08 Å². The summed E-state index contributed by atoms with van der Waals surface area (Å²) < 4.78 is 16.0. The zero-order valence-corrected chi connectivity index (χ0v) is 17.2. The van der Waals surface area contributed by atoms with Crippen molar-refractivity contribution in [2.45, 2.75) is 6.54 Å². The average Bonchev–Trinajstić information content (AvgIpc) is 3.00. The van der Waals surface area contributed by atoms with Gasteiger partial charge in [0.2, 0.25) is 5.75 Å². The van der Waals surface area contributed by atoms with Crippen molar-refractivity contribution in [2.75, 3.05) is 21.3 Å². The van der Waals surface area contributed by atoms with Crippen molar-refractivity contribution in [3.63, 3.8) is 0 Å². The van der Waals surface area contributed by atoms with Crippen LogP contribution in [-0.4, -0.2) is 42.3 Å². The summed E-state index contributed by atoms with van der Waals surface area (Å²) in [6.07, 6.45) is 1.52. The van der Waals surface area contributed by atoms with Crippen LogP contribution in [0.1, 0.15) is 11.1 Å². The van der Waals surface area contributed by atoms with Gasteiger partial charge in [-0.2, -0.15) is 0 Å². The molecule has 0 saturated carbocycles. The fourth-order valence-corrected chi connectivity index (χ4v) is 3.84. The summed E-state index contributed by atoms with van der Waals surface area (Å²) in [5, 5.41) is 10.7. The van der Waals surface area contributed by atoms with Gasteiger partial charge in [0.15, 0.2) is 11.5 Å². The Morgan fingerprint density at radius 1 is 1.03 bits per heavy atom. The number of rotatable bonds is 7. The van der Waals surface area contributed by atoms with Gasteiger partial charge in [0.05, 0.1) is 37.7 Å². The van der Waals surface area contributed by atoms with Crippen LogP contribution in [0.5, 0.6) is 17.2 Å². The lowest BCUT2D eigenvalue weighted by atomic mass is 10.1. The van der Waals surface area contributed by atoms with Crippen molar-refractivity contribution in [3.05, 3.63) is 62.5 Å². The summed E-state index contributed by atoms with van der Waals surface area (Å²) in [6.45, 7) is -0.192. The Hall–Kier alpha value is -3.53. The average molecular weight is 430 g/mol. The van der Waals surface area contributed by atoms with E-state index in [4.69, 9.17) is 14.2 Å². The lowest BCUT2D eigenvalue weighted by molar-refractivity contribution is -0.385. The number of benzene rings is 2. The first kappa shape index (κ1) is 21.2. The Kier molecular flexibility index (Phi) is 6.26. The highest BCUT2D eigenvalue weighted by Crippen LogP contribution is 2.42. The molecule has 30 heavy (non-hydrogen) atoms. The SMILES string of the molecule is COc1ccc(/C=C2\SC(=O)N(Cc3ccccc3[N+](=O)[O-])C2=O)c(OC)c1OC. The topological polar surface area (TPSA) is 108 Å². The predicted molar refractivity (Wildman–Crippen MR) is 111 cm³/mol. The van der Waals surface area contributed by atoms with Crippen LogP contribution in [0.15, 0.2) is 41.3 Å². The van der Waals surface area contributed by atoms with Gasteiger partial charge in [-0.25, -0.2) is 0 Å². The van der Waals surface area contributed by atoms with E-state index in [1.54, 1.807) is 18.2 Å². The summed E-state index contributed by atoms with van der Waals surface area (Å²) >= 11 is 0.754. The van der Waals surface area contributed by atoms with E-state index in [1.807, 2.05) is 0 Å². The third-order valence-corrected chi connectivity index (χ3v) is 5.32. The van der Waals surface area contributed by atoms with Gasteiger partial charge < -0.3 is 14.2 Å². The van der Waals surface area contributed by atoms with Crippen LogP contribution in [0, 0.1) is 10.1 Å². The van der Waals surface area contributed by atoms with E-state index >= 15 is 0 Å². The molecule has 0 N–H and O–H groups in total. The van der Waals surface area contributed by atoms with Crippen LogP contribution in [-0.2, 0) is 11.3 Å². The quantitative estimate of drug-likeness (QED) is 0.370. The molecule has 1 aliphatic heterocycles. The second-order valence-electron chi connectivity index (χ2n) is 6.08. The van der Waals surface area contributed by atoms with E-state index in [0.717, 1.165) is 16.7 Å². The van der Waals surface area contributed by atoms with E-state index in [2.05, 4.69) is 0 Å². The second kappa shape index (κ2) is 8.87. The second-order valence-corrected chi connectivity index (χ2v) is 7.07. The maximum atomic E-state index is 12.8. The molecule has 0 radical (unpaired) electrons. The Bertz CT molecular complexity index is 1050. The van der Waals surface area contributed by atoms with Crippen molar-refractivity contribution in [3.8, 4) is 17.2 Å². The minimum absolute atomic E-state index is 0.151. The number of nitrogens with zero attached hydrogens (tertiary/aromatic N) is 2. The molecule has 156 valence electrons. The molecular formula is C20H18N2O7S. The number of amides is 2. The van der Waals surface area contributed by atoms with Crippen molar-refractivity contribution in [1.29, 1.82) is 0 Å². The molecule has 2 amide bonds. The van der Waals surface area contributed by atoms with Crippen molar-refractivity contribution >= 4 is 34.7 Å². The molecule has 0 unspecified atom stereocenters. The summed E-state index contributed by atoms with van der Waals surface area (Å²) in [5.74, 6) is 0.617. The monoisotopic (exact) mass is 430 g/mol. The smallest absolute Gasteiger partial charge is 0.293 e. The van der Waals surface area contributed by atoms with Crippen LogP contribution in [0.4, 0.5) is 10.5 Å². The molecule has 3 rings (SSSR count). The molecule has 2 aromatic carbocycles. The number of nitro groups is 1. The third kappa shape index (κ3) is 3.94. The van der Waals surface area contributed by atoms with Gasteiger partial charge in [0.25, 0.3) is 16.8 Å². The highest BCUT2D eigenvalue weighted by Gasteiger charge is 2.36. The summed E-state index contributed by atoms with van der Waals surface area (Å²) in [4.78, 5) is 37.1. The number of carbonyl (C=O) groups excluding carboxylic acids is 2. The number of hydrogen-bond donors (Lipinski definition) is 0. The van der Waals surface area contributed by atoms with Gasteiger partial charge in [-0.3, -0.25) is 24.6 Å². The molecular weight excluding hydrogens is 412 g/mol. The van der Waals surface area contributed by atoms with Crippen LogP contribution >= 0.6 is 11.8 Å². The van der Waals surface area contributed by atoms with Gasteiger partial charge in [-0.1, -0.05) is 18.2 Å². The molecule has 0 atom stereocenters. The van der Waals surface area contributed by atoms with E-state index in [-0.39, 0.29) is 22.7 Å². The fraction of sp³-hybridized carbons (Fsp3) is 0.200. The summed E-state index contributed by atoms with van der Waals surface area (Å²) in [6, 6.07) is 9.33. The van der Waals surface area contributed by atoms with Gasteiger partial charge in [-0.15, -0.1) is 0 Å². The Morgan fingerprint density at radius 2 is 1.73 bits per heavy atom. The fourth-order valence-electron chi connectivity index (χ4n) is 3.01. The lowest BCUT2D eigenvalue weighted by Gasteiger charge is -2.14. The number of ether oxygens (including phenoxy) is 3. The van der Waals surface area contributed by atoms with Crippen molar-refractivity contribution in [1.82, 2.24) is 4.90 Å². The normalized spacial score (nSPS) is 14.9. The molecule has 1 saturated heterocycles.